The molecule has 0 spiro atoms. The number of ether oxygens (including phenoxy) is 1. The number of carbonyl (C=O) groups is 2. The van der Waals surface area contributed by atoms with Crippen molar-refractivity contribution in [2.75, 3.05) is 12.9 Å². The van der Waals surface area contributed by atoms with Crippen LogP contribution in [-0.2, 0) is 16.1 Å². The zero-order valence-electron chi connectivity index (χ0n) is 12.3. The van der Waals surface area contributed by atoms with Crippen LogP contribution in [-0.4, -0.2) is 41.1 Å². The van der Waals surface area contributed by atoms with E-state index in [1.165, 1.54) is 16.7 Å². The van der Waals surface area contributed by atoms with E-state index in [0.717, 1.165) is 0 Å². The minimum absolute atomic E-state index is 0. The lowest BCUT2D eigenvalue weighted by molar-refractivity contribution is -0.689. The van der Waals surface area contributed by atoms with E-state index in [4.69, 9.17) is 10.5 Å². The Morgan fingerprint density at radius 1 is 1.52 bits per heavy atom. The Kier molecular flexibility index (Phi) is 5.18. The highest BCUT2D eigenvalue weighted by molar-refractivity contribution is 8.00. The molecule has 23 heavy (non-hydrogen) atoms. The third kappa shape index (κ3) is 3.01. The van der Waals surface area contributed by atoms with E-state index >= 15 is 0 Å². The number of hydrogen-bond donors (Lipinski definition) is 1. The van der Waals surface area contributed by atoms with Crippen LogP contribution in [0, 0.1) is 0 Å². The zero-order valence-corrected chi connectivity index (χ0v) is 13.9. The van der Waals surface area contributed by atoms with Crippen LogP contribution in [0.5, 0.6) is 5.75 Å². The maximum absolute atomic E-state index is 11.8. The van der Waals surface area contributed by atoms with E-state index in [0.29, 0.717) is 23.6 Å². The predicted octanol–water partition coefficient (Wildman–Crippen LogP) is -1.35. The van der Waals surface area contributed by atoms with Gasteiger partial charge in [0.05, 0.1) is 18.8 Å². The van der Waals surface area contributed by atoms with Gasteiger partial charge in [0, 0.05) is 23.5 Å². The number of hydrogen-bond acceptors (Lipinski definition) is 6. The molecule has 1 fully saturated rings. The minimum atomic E-state index is -1.34. The minimum Gasteiger partial charge on any atom is -0.543 e. The van der Waals surface area contributed by atoms with Crippen LogP contribution in [0.25, 0.3) is 0 Å². The lowest BCUT2D eigenvalue weighted by atomic mass is 10.0. The molecule has 2 N–H and O–H groups in total. The van der Waals surface area contributed by atoms with Gasteiger partial charge in [0.2, 0.25) is 5.91 Å². The molecule has 2 aliphatic heterocycles. The number of fused-ring (bicyclic) bond motifs is 1. The van der Waals surface area contributed by atoms with E-state index < -0.39 is 12.0 Å². The molecule has 0 aliphatic carbocycles. The van der Waals surface area contributed by atoms with Crippen LogP contribution in [0.15, 0.2) is 35.8 Å². The summed E-state index contributed by atoms with van der Waals surface area (Å²) in [7, 11) is 1.58. The number of carbonyl (C=O) groups excluding carboxylic acids is 2. The first-order chi connectivity index (χ1) is 10.5. The number of aliphatic carboxylic acids is 1. The second kappa shape index (κ2) is 6.77. The third-order valence-electron chi connectivity index (χ3n) is 3.75. The maximum atomic E-state index is 11.8. The Labute approximate surface area is 143 Å². The van der Waals surface area contributed by atoms with Gasteiger partial charge in [-0.3, -0.25) is 9.69 Å². The van der Waals surface area contributed by atoms with E-state index in [2.05, 4.69) is 0 Å². The van der Waals surface area contributed by atoms with Crippen LogP contribution >= 0.6 is 24.2 Å². The summed E-state index contributed by atoms with van der Waals surface area (Å²) in [6, 6.07) is 2.93. The number of rotatable bonds is 4. The Hall–Kier alpha value is -1.77. The largest absolute Gasteiger partial charge is 0.543 e. The van der Waals surface area contributed by atoms with Crippen molar-refractivity contribution in [2.24, 2.45) is 5.73 Å². The number of halogens is 1. The summed E-state index contributed by atoms with van der Waals surface area (Å²) < 4.78 is 6.91. The molecular formula is C14H16ClN3O4S. The molecule has 0 bridgehead atoms. The van der Waals surface area contributed by atoms with Gasteiger partial charge in [0.1, 0.15) is 17.2 Å². The number of carboxylic acids is 1. The van der Waals surface area contributed by atoms with Gasteiger partial charge >= 0.3 is 0 Å². The van der Waals surface area contributed by atoms with Crippen molar-refractivity contribution in [3.63, 3.8) is 0 Å². The van der Waals surface area contributed by atoms with Crippen molar-refractivity contribution in [3.05, 3.63) is 35.8 Å². The molecule has 0 radical (unpaired) electrons. The number of thioether (sulfide) groups is 1. The number of pyridine rings is 1. The second-order valence-electron chi connectivity index (χ2n) is 5.09. The van der Waals surface area contributed by atoms with Crippen molar-refractivity contribution in [3.8, 4) is 5.75 Å². The number of amides is 1. The van der Waals surface area contributed by atoms with E-state index in [-0.39, 0.29) is 29.4 Å². The number of aromatic nitrogens is 1. The Bertz CT molecular complexity index is 664. The average Bonchev–Trinajstić information content (AvgIpc) is 2.54. The molecule has 7 nitrogen and oxygen atoms in total. The molecule has 1 unspecified atom stereocenters. The molecular weight excluding hydrogens is 342 g/mol. The monoisotopic (exact) mass is 357 g/mol. The average molecular weight is 358 g/mol. The summed E-state index contributed by atoms with van der Waals surface area (Å²) in [5.74, 6) is -0.486. The zero-order chi connectivity index (χ0) is 15.9. The number of methoxy groups -OCH3 is 1. The first-order valence-corrected chi connectivity index (χ1v) is 7.74. The molecule has 1 amide bonds. The highest BCUT2D eigenvalue weighted by Crippen LogP contribution is 2.39. The summed E-state index contributed by atoms with van der Waals surface area (Å²) >= 11 is 1.47. The summed E-state index contributed by atoms with van der Waals surface area (Å²) in [5.41, 5.74) is 6.29. The standard InChI is InChI=1S/C14H15N3O4S.ClH/c1-21-9-2-4-16(5-3-9)6-8-7-22-13-10(15)12(18)17(13)11(8)14(19)20;/h2-5,10,13H,6-7,15H2,1H3;1H/t10?,13-;/m0./s1. The van der Waals surface area contributed by atoms with E-state index in [1.54, 1.807) is 31.6 Å². The molecule has 1 aromatic rings. The van der Waals surface area contributed by atoms with Crippen LogP contribution in [0.1, 0.15) is 0 Å². The molecule has 1 saturated heterocycles. The van der Waals surface area contributed by atoms with Gasteiger partial charge < -0.3 is 20.4 Å². The van der Waals surface area contributed by atoms with Crippen molar-refractivity contribution in [2.45, 2.75) is 18.0 Å². The summed E-state index contributed by atoms with van der Waals surface area (Å²) in [5, 5.41) is 11.2. The topological polar surface area (TPSA) is 99.6 Å². The van der Waals surface area contributed by atoms with Crippen molar-refractivity contribution in [1.29, 1.82) is 0 Å². The molecule has 0 saturated carbocycles. The van der Waals surface area contributed by atoms with Gasteiger partial charge in [-0.2, -0.15) is 0 Å². The van der Waals surface area contributed by atoms with Crippen LogP contribution in [0.2, 0.25) is 0 Å². The smallest absolute Gasteiger partial charge is 0.248 e. The Morgan fingerprint density at radius 3 is 2.74 bits per heavy atom. The van der Waals surface area contributed by atoms with E-state index in [9.17, 15) is 14.7 Å². The summed E-state index contributed by atoms with van der Waals surface area (Å²) in [6.07, 6.45) is 3.58. The first kappa shape index (κ1) is 17.6. The number of nitrogens with two attached hydrogens (primary N) is 1. The highest BCUT2D eigenvalue weighted by atomic mass is 35.5. The maximum Gasteiger partial charge on any atom is 0.248 e. The molecule has 2 atom stereocenters. The number of nitrogens with zero attached hydrogens (tertiary/aromatic N) is 2. The van der Waals surface area contributed by atoms with E-state index in [1.807, 2.05) is 4.57 Å². The Morgan fingerprint density at radius 2 is 2.17 bits per heavy atom. The molecule has 9 heteroatoms. The second-order valence-corrected chi connectivity index (χ2v) is 6.19. The van der Waals surface area contributed by atoms with Gasteiger partial charge in [-0.1, -0.05) is 0 Å². The summed E-state index contributed by atoms with van der Waals surface area (Å²) in [6.45, 7) is 0.367. The molecule has 124 valence electrons. The lowest BCUT2D eigenvalue weighted by Gasteiger charge is -2.49. The fourth-order valence-corrected chi connectivity index (χ4v) is 3.88. The molecule has 0 aromatic carbocycles. The van der Waals surface area contributed by atoms with Gasteiger partial charge in [0.15, 0.2) is 18.9 Å². The fraction of sp³-hybridized carbons (Fsp3) is 0.357. The Balaban J connectivity index is 0.00000192. The summed E-state index contributed by atoms with van der Waals surface area (Å²) in [4.78, 5) is 24.5. The van der Waals surface area contributed by atoms with Crippen molar-refractivity contribution >= 4 is 36.0 Å². The quantitative estimate of drug-likeness (QED) is 0.528. The molecule has 2 aliphatic rings. The predicted molar refractivity (Wildman–Crippen MR) is 83.5 cm³/mol. The van der Waals surface area contributed by atoms with Gasteiger partial charge in [0.25, 0.3) is 0 Å². The van der Waals surface area contributed by atoms with Gasteiger partial charge in [-0.25, -0.2) is 4.57 Å². The molecule has 3 heterocycles. The highest BCUT2D eigenvalue weighted by Gasteiger charge is 2.50. The SMILES string of the molecule is COc1cc[n+](CC2=C(C(=O)[O-])N3C(=O)C(N)[C@@H]3SC2)cc1.Cl. The third-order valence-corrected chi connectivity index (χ3v) is 5.11. The number of carboxylic acid groups (broad SMARTS) is 1. The van der Waals surface area contributed by atoms with Crippen molar-refractivity contribution in [1.82, 2.24) is 4.90 Å². The molecule has 3 rings (SSSR count). The van der Waals surface area contributed by atoms with Gasteiger partial charge in [-0.05, 0) is 0 Å². The number of β-lactam (4-membered cyclic amide) rings is 1. The van der Waals surface area contributed by atoms with Crippen LogP contribution in [0.4, 0.5) is 0 Å². The fourth-order valence-electron chi connectivity index (χ4n) is 2.60. The molecule has 1 aromatic heterocycles. The van der Waals surface area contributed by atoms with Crippen LogP contribution in [0.3, 0.4) is 0 Å². The first-order valence-electron chi connectivity index (χ1n) is 6.69. The van der Waals surface area contributed by atoms with Gasteiger partial charge in [-0.15, -0.1) is 24.2 Å². The van der Waals surface area contributed by atoms with Crippen LogP contribution < -0.4 is 20.1 Å². The normalized spacial score (nSPS) is 22.9. The lowest BCUT2D eigenvalue weighted by Crippen LogP contribution is -2.69. The van der Waals surface area contributed by atoms with Crippen molar-refractivity contribution < 1.29 is 24.0 Å².